The third-order valence-corrected chi connectivity index (χ3v) is 5.44. The number of nitrogens with one attached hydrogen (secondary N) is 1. The van der Waals surface area contributed by atoms with Gasteiger partial charge in [0.15, 0.2) is 23.2 Å². The van der Waals surface area contributed by atoms with Crippen molar-refractivity contribution in [3.8, 4) is 0 Å². The van der Waals surface area contributed by atoms with E-state index < -0.39 is 24.5 Å². The molecule has 2 aromatic rings. The Labute approximate surface area is 171 Å². The van der Waals surface area contributed by atoms with Crippen LogP contribution in [0.3, 0.4) is 0 Å². The van der Waals surface area contributed by atoms with E-state index in [1.807, 2.05) is 11.9 Å². The number of alkyl halides is 1. The predicted molar refractivity (Wildman–Crippen MR) is 102 cm³/mol. The molecule has 0 saturated carbocycles. The molecule has 3 N–H and O–H groups in total. The highest BCUT2D eigenvalue weighted by Crippen LogP contribution is 2.33. The smallest absolute Gasteiger partial charge is 0.226 e. The van der Waals surface area contributed by atoms with Crippen LogP contribution in [-0.4, -0.2) is 78.3 Å². The average molecular weight is 433 g/mol. The Kier molecular flexibility index (Phi) is 5.88. The number of ether oxygens (including phenoxy) is 2. The highest BCUT2D eigenvalue weighted by Gasteiger charge is 2.44. The van der Waals surface area contributed by atoms with Gasteiger partial charge in [-0.1, -0.05) is 0 Å². The van der Waals surface area contributed by atoms with Gasteiger partial charge in [0.25, 0.3) is 0 Å². The van der Waals surface area contributed by atoms with E-state index in [0.717, 1.165) is 19.4 Å². The number of imidazole rings is 1. The first-order valence-corrected chi connectivity index (χ1v) is 10.1. The van der Waals surface area contributed by atoms with Gasteiger partial charge in [0, 0.05) is 13.2 Å². The summed E-state index contributed by atoms with van der Waals surface area (Å²) in [6.45, 7) is 3.36. The number of halogens is 2. The van der Waals surface area contributed by atoms with Gasteiger partial charge in [0.2, 0.25) is 5.28 Å². The van der Waals surface area contributed by atoms with Crippen molar-refractivity contribution in [3.05, 3.63) is 11.6 Å². The first kappa shape index (κ1) is 20.0. The number of hydrogen-bond donors (Lipinski definition) is 3. The van der Waals surface area contributed by atoms with Crippen LogP contribution in [0.4, 0.5) is 5.82 Å². The normalized spacial score (nSPS) is 31.1. The number of hydrazine groups is 1. The Bertz CT molecular complexity index is 839. The second kappa shape index (κ2) is 8.23. The van der Waals surface area contributed by atoms with Gasteiger partial charge in [0.1, 0.15) is 24.5 Å². The second-order valence-electron chi connectivity index (χ2n) is 6.72. The Morgan fingerprint density at radius 2 is 2.18 bits per heavy atom. The number of hydrogen-bond acceptors (Lipinski definition) is 9. The van der Waals surface area contributed by atoms with Crippen LogP contribution < -0.4 is 5.43 Å². The predicted octanol–water partition coefficient (Wildman–Crippen LogP) is 1.12. The molecule has 28 heavy (non-hydrogen) atoms. The molecule has 154 valence electrons. The first-order chi connectivity index (χ1) is 13.5. The molecule has 2 aromatic heterocycles. The van der Waals surface area contributed by atoms with Gasteiger partial charge in [0.05, 0.1) is 12.2 Å². The zero-order chi connectivity index (χ0) is 19.8. The molecule has 4 heterocycles. The summed E-state index contributed by atoms with van der Waals surface area (Å²) in [5.41, 5.74) is 4.07. The first-order valence-electron chi connectivity index (χ1n) is 9.16. The molecule has 0 amide bonds. The van der Waals surface area contributed by atoms with Gasteiger partial charge in [-0.25, -0.2) is 4.98 Å². The van der Waals surface area contributed by atoms with Crippen molar-refractivity contribution in [2.75, 3.05) is 24.5 Å². The Morgan fingerprint density at radius 3 is 2.89 bits per heavy atom. The maximum atomic E-state index is 10.4. The second-order valence-corrected chi connectivity index (χ2v) is 7.37. The van der Waals surface area contributed by atoms with Crippen molar-refractivity contribution in [1.29, 1.82) is 0 Å². The summed E-state index contributed by atoms with van der Waals surface area (Å²) >= 11 is 11.9. The summed E-state index contributed by atoms with van der Waals surface area (Å²) in [5.74, 6) is 0.486. The Balaban J connectivity index is 1.66. The number of aliphatic hydroxyl groups excluding tert-OH is 2. The molecule has 2 aliphatic rings. The van der Waals surface area contributed by atoms with Crippen LogP contribution in [0.5, 0.6) is 0 Å². The largest absolute Gasteiger partial charge is 0.387 e. The van der Waals surface area contributed by atoms with E-state index in [-0.39, 0.29) is 17.4 Å². The fourth-order valence-electron chi connectivity index (χ4n) is 3.61. The minimum atomic E-state index is -1.17. The molecular weight excluding hydrogens is 411 g/mol. The molecule has 0 bridgehead atoms. The van der Waals surface area contributed by atoms with Gasteiger partial charge in [-0.15, -0.1) is 11.6 Å². The van der Waals surface area contributed by atoms with Crippen LogP contribution in [0.25, 0.3) is 11.2 Å². The molecule has 2 saturated heterocycles. The molecule has 2 aliphatic heterocycles. The molecule has 12 heteroatoms. The maximum absolute atomic E-state index is 10.4. The van der Waals surface area contributed by atoms with Crippen LogP contribution in [0.2, 0.25) is 5.28 Å². The fourth-order valence-corrected chi connectivity index (χ4v) is 4.03. The van der Waals surface area contributed by atoms with Crippen LogP contribution in [-0.2, 0) is 9.47 Å². The van der Waals surface area contributed by atoms with Crippen LogP contribution in [0.15, 0.2) is 6.33 Å². The molecular formula is C16H22Cl2N6O4. The fraction of sp³-hybridized carbons (Fsp3) is 0.688. The summed E-state index contributed by atoms with van der Waals surface area (Å²) in [4.78, 5) is 12.9. The Morgan fingerprint density at radius 1 is 1.36 bits per heavy atom. The van der Waals surface area contributed by atoms with Crippen LogP contribution in [0, 0.1) is 0 Å². The summed E-state index contributed by atoms with van der Waals surface area (Å²) in [6, 6.07) is 0. The van der Waals surface area contributed by atoms with E-state index in [2.05, 4.69) is 20.4 Å². The summed E-state index contributed by atoms with van der Waals surface area (Å²) in [6.07, 6.45) is -0.530. The van der Waals surface area contributed by atoms with Crippen molar-refractivity contribution >= 4 is 40.2 Å². The van der Waals surface area contributed by atoms with Crippen molar-refractivity contribution in [2.24, 2.45) is 0 Å². The summed E-state index contributed by atoms with van der Waals surface area (Å²) in [5, 5.41) is 22.4. The molecule has 10 nitrogen and oxygen atoms in total. The highest BCUT2D eigenvalue weighted by molar-refractivity contribution is 6.28. The van der Waals surface area contributed by atoms with Crippen molar-refractivity contribution in [2.45, 2.75) is 50.5 Å². The van der Waals surface area contributed by atoms with E-state index in [0.29, 0.717) is 23.6 Å². The lowest BCUT2D eigenvalue weighted by Gasteiger charge is -2.25. The van der Waals surface area contributed by atoms with Gasteiger partial charge in [-0.05, 0) is 31.4 Å². The molecule has 0 unspecified atom stereocenters. The quantitative estimate of drug-likeness (QED) is 0.455. The van der Waals surface area contributed by atoms with E-state index in [1.54, 1.807) is 0 Å². The molecule has 5 atom stereocenters. The average Bonchev–Trinajstić information content (AvgIpc) is 3.35. The van der Waals surface area contributed by atoms with Crippen LogP contribution in [0.1, 0.15) is 26.0 Å². The number of fused-ring (bicyclic) bond motifs is 1. The molecule has 2 fully saturated rings. The number of rotatable bonds is 6. The van der Waals surface area contributed by atoms with Gasteiger partial charge < -0.3 is 19.7 Å². The molecule has 4 rings (SSSR count). The minimum Gasteiger partial charge on any atom is -0.387 e. The number of nitrogens with zero attached hydrogens (tertiary/aromatic N) is 5. The minimum absolute atomic E-state index is 0.0193. The van der Waals surface area contributed by atoms with E-state index in [4.69, 9.17) is 32.7 Å². The molecule has 0 radical (unpaired) electrons. The van der Waals surface area contributed by atoms with Crippen molar-refractivity contribution < 1.29 is 19.7 Å². The number of anilines is 1. The van der Waals surface area contributed by atoms with E-state index >= 15 is 0 Å². The van der Waals surface area contributed by atoms with Crippen molar-refractivity contribution in [1.82, 2.24) is 24.5 Å². The van der Waals surface area contributed by atoms with E-state index in [9.17, 15) is 10.2 Å². The van der Waals surface area contributed by atoms with E-state index in [1.165, 1.54) is 10.9 Å². The van der Waals surface area contributed by atoms with Gasteiger partial charge >= 0.3 is 0 Å². The standard InChI is InChI=1S/C16H22Cl2N6O4/c1-2-27-9-4-3-5-24(9)22-13-10-14(21-16(18)20-13)23(7-19-10)15-12(26)11(25)8(6-17)28-15/h7-9,11-12,15,25-26H,2-6H2,1H3,(H,20,21,22)/t8-,9+,11-,12-,15-/m1/s1. The highest BCUT2D eigenvalue weighted by atomic mass is 35.5. The number of aliphatic hydroxyl groups is 2. The topological polar surface area (TPSA) is 118 Å². The maximum Gasteiger partial charge on any atom is 0.226 e. The zero-order valence-electron chi connectivity index (χ0n) is 15.2. The molecule has 0 spiro atoms. The van der Waals surface area contributed by atoms with Gasteiger partial charge in [-0.2, -0.15) is 15.0 Å². The summed E-state index contributed by atoms with van der Waals surface area (Å²) < 4.78 is 12.9. The Hall–Kier alpha value is -1.27. The van der Waals surface area contributed by atoms with Crippen molar-refractivity contribution in [3.63, 3.8) is 0 Å². The third kappa shape index (κ3) is 3.54. The SMILES string of the molecule is CCO[C@H]1CCCN1Nc1nc(Cl)nc2c1ncn2[C@@H]1O[C@H](CCl)[C@@H](O)[C@H]1O. The zero-order valence-corrected chi connectivity index (χ0v) is 16.7. The summed E-state index contributed by atoms with van der Waals surface area (Å²) in [7, 11) is 0. The lowest BCUT2D eigenvalue weighted by molar-refractivity contribution is -0.0291. The van der Waals surface area contributed by atoms with Crippen LogP contribution >= 0.6 is 23.2 Å². The number of aromatic nitrogens is 4. The van der Waals surface area contributed by atoms with Gasteiger partial charge in [-0.3, -0.25) is 9.99 Å². The lowest BCUT2D eigenvalue weighted by atomic mass is 10.1. The third-order valence-electron chi connectivity index (χ3n) is 4.96. The lowest BCUT2D eigenvalue weighted by Crippen LogP contribution is -2.37. The molecule has 0 aromatic carbocycles. The monoisotopic (exact) mass is 432 g/mol. The molecule has 0 aliphatic carbocycles.